The first kappa shape index (κ1) is 10.7. The van der Waals surface area contributed by atoms with E-state index in [2.05, 4.69) is 6.07 Å². The van der Waals surface area contributed by atoms with Crippen molar-refractivity contribution in [3.63, 3.8) is 0 Å². The normalized spacial score (nSPS) is 15.9. The van der Waals surface area contributed by atoms with E-state index < -0.39 is 11.9 Å². The first-order valence-electron chi connectivity index (χ1n) is 5.37. The first-order chi connectivity index (χ1) is 7.68. The number of hydrogen-bond donors (Lipinski definition) is 1. The molecular formula is C14H14O2. The molecule has 2 heteroatoms. The van der Waals surface area contributed by atoms with Gasteiger partial charge in [-0.15, -0.1) is 0 Å². The predicted molar refractivity (Wildman–Crippen MR) is 64.1 cm³/mol. The van der Waals surface area contributed by atoms with Crippen molar-refractivity contribution >= 4 is 12.0 Å². The van der Waals surface area contributed by atoms with Gasteiger partial charge in [0.25, 0.3) is 0 Å². The number of carboxylic acid groups (broad SMARTS) is 1. The van der Waals surface area contributed by atoms with Gasteiger partial charge in [-0.05, 0) is 30.0 Å². The maximum atomic E-state index is 10.9. The molecule has 0 saturated heterocycles. The maximum absolute atomic E-state index is 10.9. The van der Waals surface area contributed by atoms with Crippen molar-refractivity contribution in [2.75, 3.05) is 0 Å². The van der Waals surface area contributed by atoms with E-state index in [1.165, 1.54) is 5.56 Å². The summed E-state index contributed by atoms with van der Waals surface area (Å²) in [5.74, 6) is -1.24. The summed E-state index contributed by atoms with van der Waals surface area (Å²) < 4.78 is 0. The second-order valence-electron chi connectivity index (χ2n) is 4.01. The largest absolute Gasteiger partial charge is 0.481 e. The van der Waals surface area contributed by atoms with Crippen molar-refractivity contribution in [1.82, 2.24) is 0 Å². The van der Waals surface area contributed by atoms with Crippen LogP contribution in [0.1, 0.15) is 18.1 Å². The molecule has 1 aliphatic rings. The van der Waals surface area contributed by atoms with Crippen LogP contribution in [0.5, 0.6) is 0 Å². The van der Waals surface area contributed by atoms with Crippen molar-refractivity contribution in [3.05, 3.63) is 53.1 Å². The van der Waals surface area contributed by atoms with Crippen LogP contribution < -0.4 is 0 Å². The Bertz CT molecular complexity index is 469. The minimum absolute atomic E-state index is 0.456. The summed E-state index contributed by atoms with van der Waals surface area (Å²) in [5, 5.41) is 9.00. The molecule has 1 aromatic rings. The third-order valence-corrected chi connectivity index (χ3v) is 2.90. The fourth-order valence-electron chi connectivity index (χ4n) is 1.82. The molecule has 0 amide bonds. The number of carbonyl (C=O) groups is 1. The van der Waals surface area contributed by atoms with E-state index in [4.69, 9.17) is 5.11 Å². The molecule has 2 nitrogen and oxygen atoms in total. The average molecular weight is 214 g/mol. The summed E-state index contributed by atoms with van der Waals surface area (Å²) in [5.41, 5.74) is 3.22. The van der Waals surface area contributed by atoms with Crippen molar-refractivity contribution < 1.29 is 9.90 Å². The van der Waals surface area contributed by atoms with Crippen LogP contribution in [-0.2, 0) is 11.2 Å². The molecule has 16 heavy (non-hydrogen) atoms. The second-order valence-corrected chi connectivity index (χ2v) is 4.01. The molecule has 1 atom stereocenters. The van der Waals surface area contributed by atoms with Crippen LogP contribution >= 0.6 is 0 Å². The zero-order chi connectivity index (χ0) is 11.5. The highest BCUT2D eigenvalue weighted by Crippen LogP contribution is 2.23. The highest BCUT2D eigenvalue weighted by Gasteiger charge is 2.16. The molecule has 1 unspecified atom stereocenters. The first-order valence-corrected chi connectivity index (χ1v) is 5.37. The zero-order valence-electron chi connectivity index (χ0n) is 9.18. The minimum atomic E-state index is -0.782. The Morgan fingerprint density at radius 3 is 2.88 bits per heavy atom. The summed E-state index contributed by atoms with van der Waals surface area (Å²) in [4.78, 5) is 10.9. The van der Waals surface area contributed by atoms with Crippen LogP contribution in [0, 0.1) is 5.92 Å². The van der Waals surface area contributed by atoms with Gasteiger partial charge in [-0.2, -0.15) is 0 Å². The monoisotopic (exact) mass is 214 g/mol. The van der Waals surface area contributed by atoms with Crippen LogP contribution in [0.3, 0.4) is 0 Å². The van der Waals surface area contributed by atoms with Gasteiger partial charge in [0.05, 0.1) is 5.92 Å². The SMILES string of the molecule is CC(C(=O)O)C1=Cc2ccccc2CC=C1. The van der Waals surface area contributed by atoms with Crippen LogP contribution in [0.4, 0.5) is 0 Å². The molecule has 1 aliphatic carbocycles. The fourth-order valence-corrected chi connectivity index (χ4v) is 1.82. The smallest absolute Gasteiger partial charge is 0.310 e. The molecular weight excluding hydrogens is 200 g/mol. The zero-order valence-corrected chi connectivity index (χ0v) is 9.18. The van der Waals surface area contributed by atoms with Gasteiger partial charge in [0, 0.05) is 0 Å². The van der Waals surface area contributed by atoms with E-state index in [0.29, 0.717) is 0 Å². The van der Waals surface area contributed by atoms with Crippen molar-refractivity contribution in [2.24, 2.45) is 5.92 Å². The quantitative estimate of drug-likeness (QED) is 0.821. The van der Waals surface area contributed by atoms with Gasteiger partial charge >= 0.3 is 5.97 Å². The van der Waals surface area contributed by atoms with Gasteiger partial charge in [-0.1, -0.05) is 42.5 Å². The number of carboxylic acids is 1. The van der Waals surface area contributed by atoms with Gasteiger partial charge in [0.2, 0.25) is 0 Å². The summed E-state index contributed by atoms with van der Waals surface area (Å²) in [6.07, 6.45) is 6.77. The van der Waals surface area contributed by atoms with Gasteiger partial charge in [0.1, 0.15) is 0 Å². The van der Waals surface area contributed by atoms with E-state index >= 15 is 0 Å². The summed E-state index contributed by atoms with van der Waals surface area (Å²) in [6.45, 7) is 1.71. The van der Waals surface area contributed by atoms with Crippen molar-refractivity contribution in [3.8, 4) is 0 Å². The lowest BCUT2D eigenvalue weighted by molar-refractivity contribution is -0.139. The van der Waals surface area contributed by atoms with Gasteiger partial charge in [-0.25, -0.2) is 0 Å². The standard InChI is InChI=1S/C14H14O2/c1-10(14(15)16)12-8-4-7-11-5-2-3-6-13(11)9-12/h2-6,8-10H,7H2,1H3,(H,15,16). The highest BCUT2D eigenvalue weighted by molar-refractivity contribution is 5.77. The molecule has 0 aliphatic heterocycles. The summed E-state index contributed by atoms with van der Waals surface area (Å²) >= 11 is 0. The third kappa shape index (κ3) is 2.06. The highest BCUT2D eigenvalue weighted by atomic mass is 16.4. The van der Waals surface area contributed by atoms with E-state index in [1.54, 1.807) is 6.92 Å². The van der Waals surface area contributed by atoms with Gasteiger partial charge in [0.15, 0.2) is 0 Å². The average Bonchev–Trinajstić information content (AvgIpc) is 2.49. The van der Waals surface area contributed by atoms with Crippen LogP contribution in [0.25, 0.3) is 6.08 Å². The molecule has 0 saturated carbocycles. The van der Waals surface area contributed by atoms with E-state index in [1.807, 2.05) is 36.4 Å². The number of rotatable bonds is 2. The fraction of sp³-hybridized carbons (Fsp3) is 0.214. The number of benzene rings is 1. The van der Waals surface area contributed by atoms with E-state index in [0.717, 1.165) is 17.6 Å². The lowest BCUT2D eigenvalue weighted by atomic mass is 9.98. The Kier molecular flexibility index (Phi) is 2.91. The molecule has 1 N–H and O–H groups in total. The van der Waals surface area contributed by atoms with Crippen molar-refractivity contribution in [2.45, 2.75) is 13.3 Å². The number of aliphatic carboxylic acids is 1. The molecule has 1 aromatic carbocycles. The van der Waals surface area contributed by atoms with Crippen LogP contribution in [0.2, 0.25) is 0 Å². The molecule has 2 rings (SSSR count). The summed E-state index contributed by atoms with van der Waals surface area (Å²) in [7, 11) is 0. The second kappa shape index (κ2) is 4.35. The lowest BCUT2D eigenvalue weighted by Gasteiger charge is -2.07. The Labute approximate surface area is 94.9 Å². The van der Waals surface area contributed by atoms with Crippen molar-refractivity contribution in [1.29, 1.82) is 0 Å². The molecule has 82 valence electrons. The van der Waals surface area contributed by atoms with Crippen LogP contribution in [-0.4, -0.2) is 11.1 Å². The van der Waals surface area contributed by atoms with Crippen LogP contribution in [0.15, 0.2) is 42.0 Å². The molecule has 0 bridgehead atoms. The topological polar surface area (TPSA) is 37.3 Å². The summed E-state index contributed by atoms with van der Waals surface area (Å²) in [6, 6.07) is 8.08. The van der Waals surface area contributed by atoms with Gasteiger partial charge < -0.3 is 5.11 Å². The maximum Gasteiger partial charge on any atom is 0.310 e. The Morgan fingerprint density at radius 1 is 1.38 bits per heavy atom. The molecule has 0 fully saturated rings. The Morgan fingerprint density at radius 2 is 2.12 bits per heavy atom. The van der Waals surface area contributed by atoms with E-state index in [9.17, 15) is 4.79 Å². The lowest BCUT2D eigenvalue weighted by Crippen LogP contribution is -2.10. The predicted octanol–water partition coefficient (Wildman–Crippen LogP) is 2.90. The molecule has 0 spiro atoms. The minimum Gasteiger partial charge on any atom is -0.481 e. The Hall–Kier alpha value is -1.83. The molecule has 0 aromatic heterocycles. The van der Waals surface area contributed by atoms with E-state index in [-0.39, 0.29) is 0 Å². The third-order valence-electron chi connectivity index (χ3n) is 2.90. The number of hydrogen-bond acceptors (Lipinski definition) is 1. The van der Waals surface area contributed by atoms with Gasteiger partial charge in [-0.3, -0.25) is 4.79 Å². The molecule has 0 heterocycles. The molecule has 0 radical (unpaired) electrons. The number of fused-ring (bicyclic) bond motifs is 1. The Balaban J connectivity index is 2.42. The number of allylic oxidation sites excluding steroid dienone is 2.